The number of unbranched alkanes of at least 4 members (excludes halogenated alkanes) is 22. The van der Waals surface area contributed by atoms with E-state index in [1.165, 1.54) is 103 Å². The Balaban J connectivity index is 4.44. The van der Waals surface area contributed by atoms with Gasteiger partial charge in [0.25, 0.3) is 0 Å². The van der Waals surface area contributed by atoms with E-state index < -0.39 is 6.10 Å². The minimum atomic E-state index is -0.799. The number of hydrogen-bond donors (Lipinski definition) is 0. The van der Waals surface area contributed by atoms with Gasteiger partial charge in [-0.1, -0.05) is 216 Å². The summed E-state index contributed by atoms with van der Waals surface area (Å²) in [5, 5.41) is 0. The summed E-state index contributed by atoms with van der Waals surface area (Å²) in [7, 11) is 0. The lowest BCUT2D eigenvalue weighted by Gasteiger charge is -2.18. The Bertz CT molecular complexity index is 1160. The van der Waals surface area contributed by atoms with Crippen LogP contribution in [0.1, 0.15) is 239 Å². The van der Waals surface area contributed by atoms with Crippen LogP contribution in [0.15, 0.2) is 72.9 Å². The first-order chi connectivity index (χ1) is 30.0. The van der Waals surface area contributed by atoms with Crippen LogP contribution >= 0.6 is 0 Å². The summed E-state index contributed by atoms with van der Waals surface area (Å²) in [4.78, 5) is 37.9. The zero-order valence-corrected chi connectivity index (χ0v) is 39.9. The van der Waals surface area contributed by atoms with E-state index in [2.05, 4.69) is 93.7 Å². The Morgan fingerprint density at radius 3 is 1.13 bits per heavy atom. The Morgan fingerprint density at radius 1 is 0.344 bits per heavy atom. The second-order valence-corrected chi connectivity index (χ2v) is 16.7. The monoisotopic (exact) mass is 851 g/mol. The van der Waals surface area contributed by atoms with E-state index in [1.807, 2.05) is 0 Å². The van der Waals surface area contributed by atoms with Crippen LogP contribution in [0.4, 0.5) is 0 Å². The fraction of sp³-hybridized carbons (Fsp3) is 0.727. The first kappa shape index (κ1) is 57.9. The Morgan fingerprint density at radius 2 is 0.672 bits per heavy atom. The molecule has 0 amide bonds. The molecule has 0 rings (SSSR count). The maximum atomic E-state index is 12.7. The molecule has 0 aromatic heterocycles. The van der Waals surface area contributed by atoms with E-state index in [0.717, 1.165) is 89.9 Å². The molecule has 0 radical (unpaired) electrons. The highest BCUT2D eigenvalue weighted by molar-refractivity contribution is 5.71. The molecule has 61 heavy (non-hydrogen) atoms. The van der Waals surface area contributed by atoms with Gasteiger partial charge in [0.2, 0.25) is 0 Å². The third-order valence-electron chi connectivity index (χ3n) is 10.7. The lowest BCUT2D eigenvalue weighted by molar-refractivity contribution is -0.167. The quantitative estimate of drug-likeness (QED) is 0.0263. The molecule has 0 bridgehead atoms. The number of allylic oxidation sites excluding steroid dienone is 12. The predicted octanol–water partition coefficient (Wildman–Crippen LogP) is 16.6. The van der Waals surface area contributed by atoms with Crippen molar-refractivity contribution in [1.29, 1.82) is 0 Å². The van der Waals surface area contributed by atoms with Gasteiger partial charge >= 0.3 is 17.9 Å². The molecule has 0 aliphatic heterocycles. The van der Waals surface area contributed by atoms with Gasteiger partial charge in [-0.15, -0.1) is 0 Å². The normalized spacial score (nSPS) is 12.6. The highest BCUT2D eigenvalue weighted by atomic mass is 16.6. The molecule has 0 aromatic rings. The average Bonchev–Trinajstić information content (AvgIpc) is 3.26. The van der Waals surface area contributed by atoms with Crippen molar-refractivity contribution in [3.63, 3.8) is 0 Å². The van der Waals surface area contributed by atoms with E-state index in [4.69, 9.17) is 14.2 Å². The second-order valence-electron chi connectivity index (χ2n) is 16.7. The highest BCUT2D eigenvalue weighted by Gasteiger charge is 2.19. The maximum Gasteiger partial charge on any atom is 0.306 e. The largest absolute Gasteiger partial charge is 0.462 e. The van der Waals surface area contributed by atoms with E-state index >= 15 is 0 Å². The summed E-state index contributed by atoms with van der Waals surface area (Å²) in [5.41, 5.74) is 0. The number of rotatable bonds is 45. The van der Waals surface area contributed by atoms with Crippen molar-refractivity contribution in [3.05, 3.63) is 72.9 Å². The van der Waals surface area contributed by atoms with Gasteiger partial charge in [0.15, 0.2) is 6.10 Å². The third-order valence-corrected chi connectivity index (χ3v) is 10.7. The lowest BCUT2D eigenvalue weighted by Crippen LogP contribution is -2.30. The molecule has 0 fully saturated rings. The number of carbonyl (C=O) groups excluding carboxylic acids is 3. The summed E-state index contributed by atoms with van der Waals surface area (Å²) in [6.45, 7) is 6.43. The Labute approximate surface area is 376 Å². The van der Waals surface area contributed by atoms with Crippen LogP contribution in [-0.2, 0) is 28.6 Å². The molecule has 0 aromatic carbocycles. The molecular weight excluding hydrogens is 757 g/mol. The summed E-state index contributed by atoms with van der Waals surface area (Å²) < 4.78 is 16.7. The zero-order chi connectivity index (χ0) is 44.4. The molecule has 1 atom stereocenters. The minimum absolute atomic E-state index is 0.0948. The molecule has 6 nitrogen and oxygen atoms in total. The SMILES string of the molecule is CC/C=C\C/C=C\C/C=C\C/C=C\C/C=C\CCCC(=O)OC[C@H](COC(=O)CCCCCCCCCCCCCCCCC)OC(=O)CCCCCCC/C=C\CCCC. The molecule has 0 saturated heterocycles. The summed E-state index contributed by atoms with van der Waals surface area (Å²) in [5.74, 6) is -0.964. The zero-order valence-electron chi connectivity index (χ0n) is 39.9. The topological polar surface area (TPSA) is 78.9 Å². The van der Waals surface area contributed by atoms with Crippen LogP contribution in [0.25, 0.3) is 0 Å². The Hall–Kier alpha value is -3.15. The van der Waals surface area contributed by atoms with E-state index in [-0.39, 0.29) is 37.5 Å². The van der Waals surface area contributed by atoms with Gasteiger partial charge in [-0.3, -0.25) is 14.4 Å². The second kappa shape index (κ2) is 49.5. The standard InChI is InChI=1S/C55H94O6/c1-4-7-10-13-16-19-22-24-26-27-29-31-34-36-39-42-45-48-54(57)60-51-52(61-55(58)49-46-43-40-37-32-21-18-15-12-9-6-3)50-59-53(56)47-44-41-38-35-33-30-28-25-23-20-17-14-11-8-5-2/h7,10,15-16,18-19,24,26,29,31,36,39,52H,4-6,8-9,11-14,17,20-23,25,27-28,30,32-35,37-38,40-51H2,1-3H3/b10-7-,18-15-,19-16-,26-24-,31-29-,39-36-/t52-/m0/s1. The molecule has 0 saturated carbocycles. The molecule has 0 unspecified atom stereocenters. The van der Waals surface area contributed by atoms with Gasteiger partial charge in [0, 0.05) is 19.3 Å². The molecule has 0 spiro atoms. The fourth-order valence-corrected chi connectivity index (χ4v) is 6.87. The summed E-state index contributed by atoms with van der Waals surface area (Å²) in [6.07, 6.45) is 61.8. The highest BCUT2D eigenvalue weighted by Crippen LogP contribution is 2.15. The fourth-order valence-electron chi connectivity index (χ4n) is 6.87. The molecule has 6 heteroatoms. The van der Waals surface area contributed by atoms with Crippen molar-refractivity contribution in [1.82, 2.24) is 0 Å². The van der Waals surface area contributed by atoms with Crippen molar-refractivity contribution in [2.45, 2.75) is 245 Å². The van der Waals surface area contributed by atoms with Crippen LogP contribution in [-0.4, -0.2) is 37.2 Å². The van der Waals surface area contributed by atoms with Gasteiger partial charge < -0.3 is 14.2 Å². The van der Waals surface area contributed by atoms with E-state index in [1.54, 1.807) is 0 Å². The molecule has 0 aliphatic rings. The molecule has 0 N–H and O–H groups in total. The Kier molecular flexibility index (Phi) is 46.9. The van der Waals surface area contributed by atoms with Gasteiger partial charge in [0.1, 0.15) is 13.2 Å². The van der Waals surface area contributed by atoms with Gasteiger partial charge in [-0.05, 0) is 77.0 Å². The van der Waals surface area contributed by atoms with Gasteiger partial charge in [-0.2, -0.15) is 0 Å². The van der Waals surface area contributed by atoms with E-state index in [9.17, 15) is 14.4 Å². The molecule has 0 heterocycles. The van der Waals surface area contributed by atoms with Gasteiger partial charge in [-0.25, -0.2) is 0 Å². The summed E-state index contributed by atoms with van der Waals surface area (Å²) in [6, 6.07) is 0. The summed E-state index contributed by atoms with van der Waals surface area (Å²) >= 11 is 0. The van der Waals surface area contributed by atoms with Crippen molar-refractivity contribution >= 4 is 17.9 Å². The third kappa shape index (κ3) is 47.7. The smallest absolute Gasteiger partial charge is 0.306 e. The van der Waals surface area contributed by atoms with E-state index in [0.29, 0.717) is 19.3 Å². The molecule has 0 aliphatic carbocycles. The van der Waals surface area contributed by atoms with Crippen LogP contribution in [0.5, 0.6) is 0 Å². The number of esters is 3. The number of hydrogen-bond acceptors (Lipinski definition) is 6. The predicted molar refractivity (Wildman–Crippen MR) is 261 cm³/mol. The maximum absolute atomic E-state index is 12.7. The number of ether oxygens (including phenoxy) is 3. The van der Waals surface area contributed by atoms with Crippen molar-refractivity contribution in [2.24, 2.45) is 0 Å². The average molecular weight is 851 g/mol. The molecular formula is C55H94O6. The van der Waals surface area contributed by atoms with Crippen molar-refractivity contribution in [3.8, 4) is 0 Å². The first-order valence-electron chi connectivity index (χ1n) is 25.4. The molecule has 350 valence electrons. The van der Waals surface area contributed by atoms with Crippen LogP contribution in [0, 0.1) is 0 Å². The van der Waals surface area contributed by atoms with Crippen LogP contribution < -0.4 is 0 Å². The number of carbonyl (C=O) groups is 3. The van der Waals surface area contributed by atoms with Crippen LogP contribution in [0.2, 0.25) is 0 Å². The van der Waals surface area contributed by atoms with Crippen molar-refractivity contribution < 1.29 is 28.6 Å². The van der Waals surface area contributed by atoms with Crippen LogP contribution in [0.3, 0.4) is 0 Å². The van der Waals surface area contributed by atoms with Crippen molar-refractivity contribution in [2.75, 3.05) is 13.2 Å². The van der Waals surface area contributed by atoms with Gasteiger partial charge in [0.05, 0.1) is 0 Å². The minimum Gasteiger partial charge on any atom is -0.462 e. The first-order valence-corrected chi connectivity index (χ1v) is 25.4. The lowest BCUT2D eigenvalue weighted by atomic mass is 10.0.